The summed E-state index contributed by atoms with van der Waals surface area (Å²) in [7, 11) is -2.88. The molecule has 0 aromatic heterocycles. The Labute approximate surface area is 200 Å². The molecule has 0 atom stereocenters. The van der Waals surface area contributed by atoms with Gasteiger partial charge in [0.15, 0.2) is 0 Å². The van der Waals surface area contributed by atoms with Crippen LogP contribution in [0.25, 0.3) is 0 Å². The molecule has 0 N–H and O–H groups in total. The van der Waals surface area contributed by atoms with Gasteiger partial charge in [0.1, 0.15) is 0 Å². The van der Waals surface area contributed by atoms with Gasteiger partial charge in [0.2, 0.25) is 0 Å². The quantitative estimate of drug-likeness (QED) is 0.337. The van der Waals surface area contributed by atoms with Gasteiger partial charge >= 0.3 is 5.97 Å². The Morgan fingerprint density at radius 2 is 1.10 bits per heavy atom. The van der Waals surface area contributed by atoms with E-state index in [1.165, 1.54) is 31.2 Å². The standard InChI is InChI=1S/C20H12Cl6O2S/c1-11(27)28-29(14-5-3-2-4-6-14,19-15(23)7-12(21)8-16(19)24)20-17(25)9-13(22)10-18(20)26/h2-10H,1H3. The molecule has 3 aromatic rings. The van der Waals surface area contributed by atoms with Gasteiger partial charge in [0.25, 0.3) is 0 Å². The number of rotatable bonds is 4. The zero-order valence-electron chi connectivity index (χ0n) is 14.7. The van der Waals surface area contributed by atoms with Crippen LogP contribution in [0.5, 0.6) is 0 Å². The molecule has 0 unspecified atom stereocenters. The molecular weight excluding hydrogens is 517 g/mol. The van der Waals surface area contributed by atoms with Crippen LogP contribution < -0.4 is 0 Å². The summed E-state index contributed by atoms with van der Waals surface area (Å²) in [6.45, 7) is 1.29. The maximum atomic E-state index is 12.3. The molecule has 0 bridgehead atoms. The average Bonchev–Trinajstić information content (AvgIpc) is 2.59. The van der Waals surface area contributed by atoms with Gasteiger partial charge in [-0.05, 0) is 46.7 Å². The molecule has 0 radical (unpaired) electrons. The fourth-order valence-electron chi connectivity index (χ4n) is 2.86. The van der Waals surface area contributed by atoms with Crippen LogP contribution in [-0.4, -0.2) is 5.97 Å². The molecule has 3 aromatic carbocycles. The number of carbonyl (C=O) groups excluding carboxylic acids is 1. The maximum Gasteiger partial charge on any atom is 0.313 e. The predicted molar refractivity (Wildman–Crippen MR) is 124 cm³/mol. The highest BCUT2D eigenvalue weighted by Crippen LogP contribution is 2.74. The van der Waals surface area contributed by atoms with E-state index in [-0.39, 0.29) is 20.1 Å². The van der Waals surface area contributed by atoms with E-state index in [1.807, 2.05) is 6.07 Å². The first-order valence-corrected chi connectivity index (χ1v) is 11.9. The Morgan fingerprint density at radius 1 is 0.724 bits per heavy atom. The number of halogens is 6. The first kappa shape index (κ1) is 22.9. The van der Waals surface area contributed by atoms with Crippen LogP contribution in [0.4, 0.5) is 0 Å². The van der Waals surface area contributed by atoms with Gasteiger partial charge in [0.05, 0.1) is 29.9 Å². The van der Waals surface area contributed by atoms with E-state index < -0.39 is 16.3 Å². The van der Waals surface area contributed by atoms with Crippen molar-refractivity contribution in [1.29, 1.82) is 0 Å². The molecule has 0 aliphatic heterocycles. The van der Waals surface area contributed by atoms with Gasteiger partial charge in [-0.2, -0.15) is 0 Å². The van der Waals surface area contributed by atoms with Gasteiger partial charge in [-0.1, -0.05) is 87.8 Å². The van der Waals surface area contributed by atoms with Crippen molar-refractivity contribution in [3.05, 3.63) is 84.7 Å². The van der Waals surface area contributed by atoms with Crippen LogP contribution in [0.15, 0.2) is 69.3 Å². The molecule has 0 saturated heterocycles. The molecule has 9 heteroatoms. The molecule has 0 saturated carbocycles. The zero-order chi connectivity index (χ0) is 21.3. The van der Waals surface area contributed by atoms with Crippen LogP contribution in [-0.2, 0) is 8.98 Å². The second-order valence-corrected chi connectivity index (χ2v) is 10.9. The summed E-state index contributed by atoms with van der Waals surface area (Å²) in [5, 5.41) is 1.52. The summed E-state index contributed by atoms with van der Waals surface area (Å²) in [6, 6.07) is 15.1. The van der Waals surface area contributed by atoms with E-state index in [9.17, 15) is 4.79 Å². The molecular formula is C20H12Cl6O2S. The largest absolute Gasteiger partial charge is 0.402 e. The lowest BCUT2D eigenvalue weighted by Gasteiger charge is -2.41. The monoisotopic (exact) mass is 526 g/mol. The third-order valence-corrected chi connectivity index (χ3v) is 9.35. The van der Waals surface area contributed by atoms with Crippen molar-refractivity contribution >= 4 is 85.9 Å². The second-order valence-electron chi connectivity index (χ2n) is 5.84. The minimum Gasteiger partial charge on any atom is -0.402 e. The molecule has 0 aliphatic carbocycles. The highest BCUT2D eigenvalue weighted by molar-refractivity contribution is 8.30. The van der Waals surface area contributed by atoms with Crippen LogP contribution in [0.1, 0.15) is 6.92 Å². The third kappa shape index (κ3) is 4.47. The summed E-state index contributed by atoms with van der Waals surface area (Å²) in [6.07, 6.45) is 0. The van der Waals surface area contributed by atoms with E-state index in [4.69, 9.17) is 73.8 Å². The highest BCUT2D eigenvalue weighted by Gasteiger charge is 2.42. The summed E-state index contributed by atoms with van der Waals surface area (Å²) in [5.41, 5.74) is 0. The maximum absolute atomic E-state index is 12.3. The molecule has 0 fully saturated rings. The van der Waals surface area contributed by atoms with Gasteiger partial charge in [-0.15, -0.1) is 0 Å². The van der Waals surface area contributed by atoms with Crippen molar-refractivity contribution < 1.29 is 8.98 Å². The molecule has 29 heavy (non-hydrogen) atoms. The van der Waals surface area contributed by atoms with Gasteiger partial charge < -0.3 is 4.18 Å². The Kier molecular flexibility index (Phi) is 7.23. The van der Waals surface area contributed by atoms with Crippen LogP contribution >= 0.6 is 79.9 Å². The van der Waals surface area contributed by atoms with Crippen molar-refractivity contribution in [3.63, 3.8) is 0 Å². The average molecular weight is 529 g/mol. The van der Waals surface area contributed by atoms with E-state index >= 15 is 0 Å². The van der Waals surface area contributed by atoms with E-state index in [2.05, 4.69) is 0 Å². The fourth-order valence-corrected chi connectivity index (χ4v) is 8.97. The number of carbonyl (C=O) groups is 1. The lowest BCUT2D eigenvalue weighted by atomic mass is 10.3. The first-order valence-electron chi connectivity index (χ1n) is 8.04. The van der Waals surface area contributed by atoms with Crippen LogP contribution in [0.3, 0.4) is 0 Å². The van der Waals surface area contributed by atoms with Crippen molar-refractivity contribution in [2.45, 2.75) is 21.6 Å². The Morgan fingerprint density at radius 3 is 1.45 bits per heavy atom. The van der Waals surface area contributed by atoms with Gasteiger partial charge in [-0.25, -0.2) is 0 Å². The van der Waals surface area contributed by atoms with Gasteiger partial charge in [0, 0.05) is 21.9 Å². The number of benzene rings is 3. The first-order chi connectivity index (χ1) is 13.7. The van der Waals surface area contributed by atoms with Gasteiger partial charge in [-0.3, -0.25) is 4.79 Å². The van der Waals surface area contributed by atoms with Crippen molar-refractivity contribution in [2.24, 2.45) is 0 Å². The molecule has 0 heterocycles. The van der Waals surface area contributed by atoms with E-state index in [1.54, 1.807) is 24.3 Å². The topological polar surface area (TPSA) is 26.3 Å². The second kappa shape index (κ2) is 9.15. The van der Waals surface area contributed by atoms with Crippen molar-refractivity contribution in [1.82, 2.24) is 0 Å². The highest BCUT2D eigenvalue weighted by atomic mass is 35.5. The Hall–Kier alpha value is -0.780. The minimum atomic E-state index is -2.88. The zero-order valence-corrected chi connectivity index (χ0v) is 20.0. The molecule has 152 valence electrons. The SMILES string of the molecule is CC(=O)OS(c1ccccc1)(c1c(Cl)cc(Cl)cc1Cl)c1c(Cl)cc(Cl)cc1Cl. The lowest BCUT2D eigenvalue weighted by molar-refractivity contribution is -0.131. The lowest BCUT2D eigenvalue weighted by Crippen LogP contribution is -2.13. The Balaban J connectivity index is 2.56. The third-order valence-electron chi connectivity index (χ3n) is 3.82. The van der Waals surface area contributed by atoms with Crippen molar-refractivity contribution in [2.75, 3.05) is 0 Å². The smallest absolute Gasteiger partial charge is 0.313 e. The molecule has 0 amide bonds. The summed E-state index contributed by atoms with van der Waals surface area (Å²) in [5.74, 6) is -0.562. The predicted octanol–water partition coefficient (Wildman–Crippen LogP) is 9.37. The van der Waals surface area contributed by atoms with Crippen LogP contribution in [0, 0.1) is 0 Å². The fraction of sp³-hybridized carbons (Fsp3) is 0.0500. The van der Waals surface area contributed by atoms with Crippen molar-refractivity contribution in [3.8, 4) is 0 Å². The van der Waals surface area contributed by atoms with Crippen LogP contribution in [0.2, 0.25) is 30.1 Å². The Bertz CT molecular complexity index is 984. The van der Waals surface area contributed by atoms with E-state index in [0.717, 1.165) is 0 Å². The number of hydrogen-bond donors (Lipinski definition) is 0. The summed E-state index contributed by atoms with van der Waals surface area (Å²) >= 11 is 38.6. The molecule has 2 nitrogen and oxygen atoms in total. The summed E-state index contributed by atoms with van der Waals surface area (Å²) < 4.78 is 6.02. The summed E-state index contributed by atoms with van der Waals surface area (Å²) in [4.78, 5) is 13.7. The normalized spacial score (nSPS) is 12.0. The minimum absolute atomic E-state index is 0.213. The molecule has 0 spiro atoms. The number of hydrogen-bond acceptors (Lipinski definition) is 2. The molecule has 3 rings (SSSR count). The van der Waals surface area contributed by atoms with E-state index in [0.29, 0.717) is 24.7 Å². The molecule has 0 aliphatic rings.